The predicted molar refractivity (Wildman–Crippen MR) is 43.0 cm³/mol. The van der Waals surface area contributed by atoms with Crippen molar-refractivity contribution in [2.75, 3.05) is 6.61 Å². The first-order valence-corrected chi connectivity index (χ1v) is 4.47. The van der Waals surface area contributed by atoms with Gasteiger partial charge in [0.1, 0.15) is 0 Å². The maximum absolute atomic E-state index is 5.56. The molecule has 1 spiro atoms. The molecule has 0 N–H and O–H groups in total. The second-order valence-electron chi connectivity index (χ2n) is 3.10. The van der Waals surface area contributed by atoms with E-state index in [0.717, 1.165) is 12.5 Å². The Kier molecular flexibility index (Phi) is 2.35. The summed E-state index contributed by atoms with van der Waals surface area (Å²) in [6.07, 6.45) is 3.95. The number of hydrogen-bond acceptors (Lipinski definition) is 1. The summed E-state index contributed by atoms with van der Waals surface area (Å²) in [4.78, 5) is 0. The Morgan fingerprint density at radius 2 is 1.90 bits per heavy atom. The van der Waals surface area contributed by atoms with E-state index in [2.05, 4.69) is 6.92 Å². The summed E-state index contributed by atoms with van der Waals surface area (Å²) in [6.45, 7) is 7.32. The van der Waals surface area contributed by atoms with E-state index in [0.29, 0.717) is 5.60 Å². The van der Waals surface area contributed by atoms with E-state index < -0.39 is 0 Å². The van der Waals surface area contributed by atoms with E-state index in [9.17, 15) is 0 Å². The highest BCUT2D eigenvalue weighted by atomic mass is 16.5. The molecule has 0 amide bonds. The average molecular weight is 142 g/mol. The topological polar surface area (TPSA) is 9.23 Å². The summed E-state index contributed by atoms with van der Waals surface area (Å²) in [6, 6.07) is 0. The van der Waals surface area contributed by atoms with Gasteiger partial charge in [-0.1, -0.05) is 20.8 Å². The maximum Gasteiger partial charge on any atom is 0.0710 e. The molecule has 1 heteroatoms. The lowest BCUT2D eigenvalue weighted by Gasteiger charge is -2.09. The lowest BCUT2D eigenvalue weighted by atomic mass is 10.0. The molecule has 1 heterocycles. The van der Waals surface area contributed by atoms with Gasteiger partial charge in [-0.15, -0.1) is 0 Å². The molecule has 1 aliphatic heterocycles. The molecule has 10 heavy (non-hydrogen) atoms. The van der Waals surface area contributed by atoms with E-state index in [4.69, 9.17) is 4.74 Å². The highest BCUT2D eigenvalue weighted by Crippen LogP contribution is 2.50. The zero-order chi connectivity index (χ0) is 7.61. The monoisotopic (exact) mass is 142 g/mol. The Bertz CT molecular complexity index is 105. The zero-order valence-electron chi connectivity index (χ0n) is 7.31. The quantitative estimate of drug-likeness (QED) is 0.505. The van der Waals surface area contributed by atoms with Crippen molar-refractivity contribution in [2.24, 2.45) is 5.92 Å². The number of rotatable bonds is 0. The van der Waals surface area contributed by atoms with Gasteiger partial charge in [-0.2, -0.15) is 0 Å². The van der Waals surface area contributed by atoms with Crippen LogP contribution in [-0.4, -0.2) is 12.2 Å². The smallest absolute Gasteiger partial charge is 0.0710 e. The van der Waals surface area contributed by atoms with Crippen LogP contribution in [-0.2, 0) is 4.74 Å². The van der Waals surface area contributed by atoms with Crippen molar-refractivity contribution in [3.05, 3.63) is 0 Å². The summed E-state index contributed by atoms with van der Waals surface area (Å²) < 4.78 is 5.56. The lowest BCUT2D eigenvalue weighted by Crippen LogP contribution is -2.13. The molecule has 60 valence electrons. The minimum atomic E-state index is 0.403. The fraction of sp³-hybridized carbons (Fsp3) is 1.00. The van der Waals surface area contributed by atoms with Crippen molar-refractivity contribution in [2.45, 2.75) is 45.6 Å². The molecule has 0 bridgehead atoms. The van der Waals surface area contributed by atoms with E-state index >= 15 is 0 Å². The molecule has 0 aromatic rings. The van der Waals surface area contributed by atoms with Gasteiger partial charge in [0.15, 0.2) is 0 Å². The molecule has 2 aliphatic rings. The standard InChI is InChI=1S/C7H12O.C2H6/c1-6-2-5-8-7(6)3-4-7;1-2/h6H,2-5H2,1H3;1-2H3. The summed E-state index contributed by atoms with van der Waals surface area (Å²) in [7, 11) is 0. The zero-order valence-corrected chi connectivity index (χ0v) is 7.31. The second kappa shape index (κ2) is 2.91. The van der Waals surface area contributed by atoms with Crippen LogP contribution in [0.15, 0.2) is 0 Å². The first-order chi connectivity index (χ1) is 4.83. The first kappa shape index (κ1) is 8.06. The molecule has 1 nitrogen and oxygen atoms in total. The Morgan fingerprint density at radius 3 is 2.10 bits per heavy atom. The third kappa shape index (κ3) is 1.20. The van der Waals surface area contributed by atoms with Crippen LogP contribution in [0, 0.1) is 5.92 Å². The SMILES string of the molecule is CC.CC1CCOC12CC2. The number of ether oxygens (including phenoxy) is 1. The van der Waals surface area contributed by atoms with Crippen LogP contribution in [0.25, 0.3) is 0 Å². The van der Waals surface area contributed by atoms with Crippen LogP contribution in [0.3, 0.4) is 0 Å². The third-order valence-electron chi connectivity index (χ3n) is 2.58. The molecule has 2 fully saturated rings. The van der Waals surface area contributed by atoms with Crippen molar-refractivity contribution < 1.29 is 4.74 Å². The molecule has 0 aromatic carbocycles. The molecule has 0 aromatic heterocycles. The highest BCUT2D eigenvalue weighted by Gasteiger charge is 2.51. The molecule has 1 atom stereocenters. The van der Waals surface area contributed by atoms with E-state index in [1.807, 2.05) is 13.8 Å². The molecule has 1 aliphatic carbocycles. The molecule has 0 radical (unpaired) electrons. The Balaban J connectivity index is 0.000000231. The Hall–Kier alpha value is -0.0400. The normalized spacial score (nSPS) is 33.3. The lowest BCUT2D eigenvalue weighted by molar-refractivity contribution is 0.0722. The minimum absolute atomic E-state index is 0.403. The minimum Gasteiger partial charge on any atom is -0.375 e. The van der Waals surface area contributed by atoms with Gasteiger partial charge >= 0.3 is 0 Å². The van der Waals surface area contributed by atoms with Crippen LogP contribution in [0.2, 0.25) is 0 Å². The Labute approximate surface area is 63.8 Å². The average Bonchev–Trinajstić information content (AvgIpc) is 2.65. The van der Waals surface area contributed by atoms with E-state index in [1.165, 1.54) is 19.3 Å². The highest BCUT2D eigenvalue weighted by molar-refractivity contribution is 5.02. The number of hydrogen-bond donors (Lipinski definition) is 0. The van der Waals surface area contributed by atoms with Gasteiger partial charge in [0, 0.05) is 6.61 Å². The van der Waals surface area contributed by atoms with Gasteiger partial charge in [0.2, 0.25) is 0 Å². The van der Waals surface area contributed by atoms with Gasteiger partial charge in [0.25, 0.3) is 0 Å². The van der Waals surface area contributed by atoms with Crippen molar-refractivity contribution in [3.63, 3.8) is 0 Å². The largest absolute Gasteiger partial charge is 0.375 e. The van der Waals surface area contributed by atoms with Gasteiger partial charge in [-0.25, -0.2) is 0 Å². The van der Waals surface area contributed by atoms with Crippen LogP contribution >= 0.6 is 0 Å². The van der Waals surface area contributed by atoms with Crippen molar-refractivity contribution >= 4 is 0 Å². The molecule has 1 unspecified atom stereocenters. The van der Waals surface area contributed by atoms with Gasteiger partial charge in [-0.3, -0.25) is 0 Å². The maximum atomic E-state index is 5.56. The Morgan fingerprint density at radius 1 is 1.30 bits per heavy atom. The summed E-state index contributed by atoms with van der Waals surface area (Å²) in [5.41, 5.74) is 0.403. The summed E-state index contributed by atoms with van der Waals surface area (Å²) in [5.74, 6) is 0.850. The fourth-order valence-electron chi connectivity index (χ4n) is 1.60. The molecule has 2 rings (SSSR count). The third-order valence-corrected chi connectivity index (χ3v) is 2.58. The fourth-order valence-corrected chi connectivity index (χ4v) is 1.60. The van der Waals surface area contributed by atoms with Crippen LogP contribution < -0.4 is 0 Å². The van der Waals surface area contributed by atoms with Gasteiger partial charge < -0.3 is 4.74 Å². The van der Waals surface area contributed by atoms with Crippen LogP contribution in [0.1, 0.15) is 40.0 Å². The molecule has 1 saturated carbocycles. The van der Waals surface area contributed by atoms with Crippen molar-refractivity contribution in [1.82, 2.24) is 0 Å². The summed E-state index contributed by atoms with van der Waals surface area (Å²) >= 11 is 0. The predicted octanol–water partition coefficient (Wildman–Crippen LogP) is 2.60. The van der Waals surface area contributed by atoms with Crippen LogP contribution in [0.4, 0.5) is 0 Å². The van der Waals surface area contributed by atoms with E-state index in [1.54, 1.807) is 0 Å². The van der Waals surface area contributed by atoms with Gasteiger partial charge in [-0.05, 0) is 25.2 Å². The summed E-state index contributed by atoms with van der Waals surface area (Å²) in [5, 5.41) is 0. The second-order valence-corrected chi connectivity index (χ2v) is 3.10. The van der Waals surface area contributed by atoms with Crippen molar-refractivity contribution in [1.29, 1.82) is 0 Å². The molecule has 1 saturated heterocycles. The first-order valence-electron chi connectivity index (χ1n) is 4.47. The van der Waals surface area contributed by atoms with Crippen LogP contribution in [0.5, 0.6) is 0 Å². The van der Waals surface area contributed by atoms with Crippen molar-refractivity contribution in [3.8, 4) is 0 Å². The van der Waals surface area contributed by atoms with E-state index in [-0.39, 0.29) is 0 Å². The molecular formula is C9H18O. The molecular weight excluding hydrogens is 124 g/mol. The van der Waals surface area contributed by atoms with Gasteiger partial charge in [0.05, 0.1) is 5.60 Å².